The van der Waals surface area contributed by atoms with Crippen LogP contribution in [-0.4, -0.2) is 34.4 Å². The van der Waals surface area contributed by atoms with Crippen LogP contribution in [0.4, 0.5) is 13.2 Å². The molecule has 0 fully saturated rings. The van der Waals surface area contributed by atoms with Crippen LogP contribution in [0.5, 0.6) is 5.75 Å². The molecule has 0 bridgehead atoms. The minimum Gasteiger partial charge on any atom is -0.482 e. The Balaban J connectivity index is 1.54. The summed E-state index contributed by atoms with van der Waals surface area (Å²) < 4.78 is 50.7. The summed E-state index contributed by atoms with van der Waals surface area (Å²) in [4.78, 5) is 27.6. The third kappa shape index (κ3) is 4.66. The van der Waals surface area contributed by atoms with Gasteiger partial charge in [0.05, 0.1) is 10.3 Å². The van der Waals surface area contributed by atoms with Gasteiger partial charge in [-0.15, -0.1) is 23.1 Å². The molecular weight excluding hydrogens is 559 g/mol. The minimum atomic E-state index is -4.67. The first-order valence-corrected chi connectivity index (χ1v) is 14.5. The summed E-state index contributed by atoms with van der Waals surface area (Å²) in [6.45, 7) is 0.601. The molecule has 2 aliphatic rings. The van der Waals surface area contributed by atoms with E-state index in [-0.39, 0.29) is 24.7 Å². The Morgan fingerprint density at radius 1 is 1.00 bits per heavy atom. The van der Waals surface area contributed by atoms with Crippen molar-refractivity contribution in [2.45, 2.75) is 41.8 Å². The van der Waals surface area contributed by atoms with Gasteiger partial charge in [0.1, 0.15) is 19.3 Å². The van der Waals surface area contributed by atoms with E-state index >= 15 is 0 Å². The second-order valence-electron chi connectivity index (χ2n) is 9.60. The van der Waals surface area contributed by atoms with E-state index in [0.29, 0.717) is 5.75 Å². The second kappa shape index (κ2) is 10.4. The number of halogens is 3. The number of amides is 1. The molecule has 0 saturated carbocycles. The van der Waals surface area contributed by atoms with Crippen LogP contribution < -0.4 is 15.2 Å². The molecule has 2 atom stereocenters. The predicted molar refractivity (Wildman–Crippen MR) is 148 cm³/mol. The number of alkyl halides is 3. The standard InChI is InChI=1S/C29H24F3N3O3S2/c1-18(29(30,31)32)33-17-35(24-21-10-6-5-9-20(21)16-40-28-22(24)12-14-39-28)34-13-11-23(36)26(25(34)27(33)37)38-15-19-7-3-2-4-8-19/h2-14,18,24H,15-17H2,1H3/t18-,24+/m1/s1. The molecule has 2 aliphatic heterocycles. The number of carbonyl (C=O) groups excluding carboxylic acids is 1. The summed E-state index contributed by atoms with van der Waals surface area (Å²) in [5.41, 5.74) is 2.86. The monoisotopic (exact) mass is 583 g/mol. The largest absolute Gasteiger partial charge is 0.482 e. The fraction of sp³-hybridized carbons (Fsp3) is 0.241. The zero-order valence-electron chi connectivity index (χ0n) is 21.3. The fourth-order valence-corrected chi connectivity index (χ4v) is 7.25. The first kappa shape index (κ1) is 26.5. The molecule has 2 aromatic heterocycles. The van der Waals surface area contributed by atoms with Crippen molar-refractivity contribution in [3.63, 3.8) is 0 Å². The maximum atomic E-state index is 14.1. The van der Waals surface area contributed by atoms with Crippen LogP contribution in [0.15, 0.2) is 87.3 Å². The Morgan fingerprint density at radius 2 is 1.75 bits per heavy atom. The van der Waals surface area contributed by atoms with Gasteiger partial charge in [-0.3, -0.25) is 19.3 Å². The van der Waals surface area contributed by atoms with Gasteiger partial charge in [0.25, 0.3) is 5.91 Å². The quantitative estimate of drug-likeness (QED) is 0.281. The molecule has 0 aliphatic carbocycles. The number of thioether (sulfide) groups is 1. The summed E-state index contributed by atoms with van der Waals surface area (Å²) in [5.74, 6) is -0.483. The number of carbonyl (C=O) groups is 1. The smallest absolute Gasteiger partial charge is 0.408 e. The van der Waals surface area contributed by atoms with Crippen molar-refractivity contribution in [1.29, 1.82) is 0 Å². The molecule has 0 saturated heterocycles. The molecule has 0 N–H and O–H groups in total. The predicted octanol–water partition coefficient (Wildman–Crippen LogP) is 6.19. The van der Waals surface area contributed by atoms with Crippen LogP contribution >= 0.6 is 23.1 Å². The van der Waals surface area contributed by atoms with E-state index < -0.39 is 29.6 Å². The number of thiophene rings is 1. The van der Waals surface area contributed by atoms with E-state index in [0.717, 1.165) is 38.3 Å². The topological polar surface area (TPSA) is 54.8 Å². The van der Waals surface area contributed by atoms with Crippen LogP contribution in [0.25, 0.3) is 0 Å². The van der Waals surface area contributed by atoms with E-state index in [1.165, 1.54) is 16.9 Å². The molecule has 4 heterocycles. The average molecular weight is 584 g/mol. The number of nitrogens with zero attached hydrogens (tertiary/aromatic N) is 3. The van der Waals surface area contributed by atoms with Gasteiger partial charge in [-0.2, -0.15) is 13.2 Å². The third-order valence-corrected chi connectivity index (χ3v) is 9.52. The lowest BCUT2D eigenvalue weighted by Gasteiger charge is -2.46. The number of benzene rings is 2. The van der Waals surface area contributed by atoms with Gasteiger partial charge >= 0.3 is 6.18 Å². The molecule has 2 aromatic carbocycles. The fourth-order valence-electron chi connectivity index (χ4n) is 5.08. The highest BCUT2D eigenvalue weighted by molar-refractivity contribution is 8.00. The highest BCUT2D eigenvalue weighted by Gasteiger charge is 2.48. The molecule has 0 spiro atoms. The minimum absolute atomic E-state index is 0.0211. The van der Waals surface area contributed by atoms with Crippen LogP contribution in [0.3, 0.4) is 0 Å². The van der Waals surface area contributed by atoms with Crippen molar-refractivity contribution in [2.24, 2.45) is 0 Å². The highest BCUT2D eigenvalue weighted by Crippen LogP contribution is 2.45. The molecule has 0 radical (unpaired) electrons. The Kier molecular flexibility index (Phi) is 6.87. The Labute approximate surface area is 236 Å². The van der Waals surface area contributed by atoms with Gasteiger partial charge in [0, 0.05) is 23.6 Å². The maximum absolute atomic E-state index is 14.1. The molecule has 4 aromatic rings. The van der Waals surface area contributed by atoms with Crippen molar-refractivity contribution in [3.8, 4) is 5.75 Å². The molecule has 6 nitrogen and oxygen atoms in total. The second-order valence-corrected chi connectivity index (χ2v) is 11.8. The molecular formula is C29H24F3N3O3S2. The number of ether oxygens (including phenoxy) is 1. The average Bonchev–Trinajstić information content (AvgIpc) is 3.35. The number of hydrogen-bond acceptors (Lipinski definition) is 6. The van der Waals surface area contributed by atoms with E-state index in [1.807, 2.05) is 53.9 Å². The summed E-state index contributed by atoms with van der Waals surface area (Å²) in [5, 5.41) is 3.69. The van der Waals surface area contributed by atoms with Crippen LogP contribution in [0, 0.1) is 0 Å². The summed E-state index contributed by atoms with van der Waals surface area (Å²) in [7, 11) is 0. The van der Waals surface area contributed by atoms with Crippen molar-refractivity contribution < 1.29 is 22.7 Å². The number of aromatic nitrogens is 1. The van der Waals surface area contributed by atoms with Crippen LogP contribution in [-0.2, 0) is 12.4 Å². The summed E-state index contributed by atoms with van der Waals surface area (Å²) in [6.07, 6.45) is -3.22. The SMILES string of the molecule is C[C@@H](N1CN([C@H]2c3ccccc3CSc3sccc32)n2ccc(=O)c(OCc3ccccc3)c2C1=O)C(F)(F)F. The van der Waals surface area contributed by atoms with Gasteiger partial charge in [-0.25, -0.2) is 0 Å². The van der Waals surface area contributed by atoms with Gasteiger partial charge < -0.3 is 9.64 Å². The Morgan fingerprint density at radius 3 is 2.52 bits per heavy atom. The first-order valence-electron chi connectivity index (χ1n) is 12.6. The van der Waals surface area contributed by atoms with E-state index in [9.17, 15) is 22.8 Å². The van der Waals surface area contributed by atoms with Crippen molar-refractivity contribution in [1.82, 2.24) is 9.58 Å². The Hall–Kier alpha value is -3.70. The third-order valence-electron chi connectivity index (χ3n) is 7.20. The molecule has 40 heavy (non-hydrogen) atoms. The van der Waals surface area contributed by atoms with Gasteiger partial charge in [-0.1, -0.05) is 54.6 Å². The number of pyridine rings is 1. The zero-order valence-corrected chi connectivity index (χ0v) is 22.9. The van der Waals surface area contributed by atoms with Crippen LogP contribution in [0.2, 0.25) is 0 Å². The van der Waals surface area contributed by atoms with E-state index in [2.05, 4.69) is 0 Å². The lowest BCUT2D eigenvalue weighted by molar-refractivity contribution is -0.173. The first-order chi connectivity index (χ1) is 19.2. The maximum Gasteiger partial charge on any atom is 0.408 e. The summed E-state index contributed by atoms with van der Waals surface area (Å²) in [6, 6.07) is 17.6. The molecule has 206 valence electrons. The van der Waals surface area contributed by atoms with Gasteiger partial charge in [-0.05, 0) is 35.1 Å². The number of hydrogen-bond donors (Lipinski definition) is 0. The molecule has 0 unspecified atom stereocenters. The molecule has 11 heteroatoms. The lowest BCUT2D eigenvalue weighted by Crippen LogP contribution is -2.60. The van der Waals surface area contributed by atoms with Gasteiger partial charge in [0.15, 0.2) is 11.4 Å². The van der Waals surface area contributed by atoms with Crippen molar-refractivity contribution in [2.75, 3.05) is 11.7 Å². The lowest BCUT2D eigenvalue weighted by atomic mass is 9.96. The zero-order chi connectivity index (χ0) is 28.0. The van der Waals surface area contributed by atoms with Crippen molar-refractivity contribution in [3.05, 3.63) is 116 Å². The number of rotatable bonds is 5. The van der Waals surface area contributed by atoms with E-state index in [1.54, 1.807) is 40.2 Å². The van der Waals surface area contributed by atoms with Crippen molar-refractivity contribution >= 4 is 29.0 Å². The Bertz CT molecular complexity index is 1620. The van der Waals surface area contributed by atoms with Gasteiger partial charge in [0.2, 0.25) is 5.43 Å². The number of fused-ring (bicyclic) bond motifs is 3. The van der Waals surface area contributed by atoms with Crippen LogP contribution in [0.1, 0.15) is 45.7 Å². The molecule has 6 rings (SSSR count). The highest BCUT2D eigenvalue weighted by atomic mass is 32.2. The summed E-state index contributed by atoms with van der Waals surface area (Å²) >= 11 is 3.25. The normalized spacial score (nSPS) is 17.5. The molecule has 1 amide bonds. The van der Waals surface area contributed by atoms with E-state index in [4.69, 9.17) is 4.74 Å².